The molecule has 0 aromatic heterocycles. The van der Waals surface area contributed by atoms with E-state index >= 15 is 0 Å². The minimum Gasteiger partial charge on any atom is -0.493 e. The monoisotopic (exact) mass is 249 g/mol. The molecule has 0 aliphatic heterocycles. The Morgan fingerprint density at radius 2 is 1.94 bits per heavy atom. The summed E-state index contributed by atoms with van der Waals surface area (Å²) in [5.41, 5.74) is 1.29. The van der Waals surface area contributed by atoms with Gasteiger partial charge >= 0.3 is 0 Å². The van der Waals surface area contributed by atoms with Crippen LogP contribution in [0.3, 0.4) is 0 Å². The first kappa shape index (κ1) is 12.7. The summed E-state index contributed by atoms with van der Waals surface area (Å²) < 4.78 is 10.5. The summed E-state index contributed by atoms with van der Waals surface area (Å²) >= 11 is 0. The van der Waals surface area contributed by atoms with Crippen molar-refractivity contribution < 1.29 is 14.3 Å². The quantitative estimate of drug-likeness (QED) is 0.866. The van der Waals surface area contributed by atoms with Crippen LogP contribution in [0, 0.1) is 0 Å². The van der Waals surface area contributed by atoms with Crippen molar-refractivity contribution in [1.29, 1.82) is 0 Å². The third kappa shape index (κ3) is 2.42. The van der Waals surface area contributed by atoms with Crippen LogP contribution in [0.25, 0.3) is 0 Å². The Kier molecular flexibility index (Phi) is 3.45. The first-order valence-corrected chi connectivity index (χ1v) is 6.08. The number of hydrogen-bond donors (Lipinski definition) is 1. The van der Waals surface area contributed by atoms with Crippen LogP contribution >= 0.6 is 0 Å². The molecule has 2 rings (SSSR count). The topological polar surface area (TPSA) is 47.6 Å². The van der Waals surface area contributed by atoms with E-state index in [0.717, 1.165) is 24.3 Å². The Hall–Kier alpha value is -1.71. The van der Waals surface area contributed by atoms with Crippen LogP contribution in [-0.4, -0.2) is 26.7 Å². The smallest absolute Gasteiger partial charge is 0.216 e. The number of nitrogens with one attached hydrogen (secondary N) is 1. The van der Waals surface area contributed by atoms with Crippen LogP contribution in [0.2, 0.25) is 0 Å². The van der Waals surface area contributed by atoms with Crippen LogP contribution in [-0.2, 0) is 10.2 Å². The van der Waals surface area contributed by atoms with Crippen LogP contribution in [0.4, 0.5) is 0 Å². The van der Waals surface area contributed by atoms with E-state index in [4.69, 9.17) is 9.47 Å². The molecule has 1 N–H and O–H groups in total. The SMILES string of the molecule is COc1ccc(C2(CNC(C)=O)CC2)cc1OC. The Balaban J connectivity index is 2.20. The predicted molar refractivity (Wildman–Crippen MR) is 69.1 cm³/mol. The lowest BCUT2D eigenvalue weighted by atomic mass is 9.95. The molecular weight excluding hydrogens is 230 g/mol. The van der Waals surface area contributed by atoms with Gasteiger partial charge in [-0.2, -0.15) is 0 Å². The first-order valence-electron chi connectivity index (χ1n) is 6.08. The molecule has 1 aliphatic rings. The molecule has 4 nitrogen and oxygen atoms in total. The van der Waals surface area contributed by atoms with Gasteiger partial charge in [-0.1, -0.05) is 6.07 Å². The zero-order valence-corrected chi connectivity index (χ0v) is 11.1. The lowest BCUT2D eigenvalue weighted by Crippen LogP contribution is -2.30. The van der Waals surface area contributed by atoms with Gasteiger partial charge in [-0.25, -0.2) is 0 Å². The lowest BCUT2D eigenvalue weighted by molar-refractivity contribution is -0.119. The molecule has 0 unspecified atom stereocenters. The molecule has 1 fully saturated rings. The maximum atomic E-state index is 11.0. The average molecular weight is 249 g/mol. The van der Waals surface area contributed by atoms with E-state index in [1.807, 2.05) is 12.1 Å². The van der Waals surface area contributed by atoms with Crippen molar-refractivity contribution in [2.45, 2.75) is 25.2 Å². The van der Waals surface area contributed by atoms with E-state index in [1.165, 1.54) is 5.56 Å². The van der Waals surface area contributed by atoms with Crippen molar-refractivity contribution in [3.8, 4) is 11.5 Å². The highest BCUT2D eigenvalue weighted by Crippen LogP contribution is 2.49. The van der Waals surface area contributed by atoms with Crippen LogP contribution in [0.15, 0.2) is 18.2 Å². The molecular formula is C14H19NO3. The maximum absolute atomic E-state index is 11.0. The highest BCUT2D eigenvalue weighted by atomic mass is 16.5. The van der Waals surface area contributed by atoms with Gasteiger partial charge in [-0.3, -0.25) is 4.79 Å². The Bertz CT molecular complexity index is 452. The second-order valence-electron chi connectivity index (χ2n) is 4.76. The first-order chi connectivity index (χ1) is 8.61. The molecule has 1 amide bonds. The fraction of sp³-hybridized carbons (Fsp3) is 0.500. The third-order valence-corrected chi connectivity index (χ3v) is 3.53. The van der Waals surface area contributed by atoms with Gasteiger partial charge in [-0.05, 0) is 30.5 Å². The molecule has 4 heteroatoms. The van der Waals surface area contributed by atoms with Crippen molar-refractivity contribution >= 4 is 5.91 Å². The minimum atomic E-state index is 0.0155. The van der Waals surface area contributed by atoms with Gasteiger partial charge in [0.1, 0.15) is 0 Å². The molecule has 0 bridgehead atoms. The number of methoxy groups -OCH3 is 2. The number of carbonyl (C=O) groups excluding carboxylic acids is 1. The fourth-order valence-corrected chi connectivity index (χ4v) is 2.18. The van der Waals surface area contributed by atoms with Crippen molar-refractivity contribution in [1.82, 2.24) is 5.32 Å². The van der Waals surface area contributed by atoms with Crippen LogP contribution < -0.4 is 14.8 Å². The summed E-state index contributed by atoms with van der Waals surface area (Å²) in [5, 5.41) is 2.90. The molecule has 1 aromatic rings. The van der Waals surface area contributed by atoms with Crippen molar-refractivity contribution in [2.24, 2.45) is 0 Å². The van der Waals surface area contributed by atoms with Crippen molar-refractivity contribution in [3.63, 3.8) is 0 Å². The Morgan fingerprint density at radius 3 is 2.44 bits per heavy atom. The van der Waals surface area contributed by atoms with Gasteiger partial charge in [0.25, 0.3) is 0 Å². The van der Waals surface area contributed by atoms with E-state index < -0.39 is 0 Å². The van der Waals surface area contributed by atoms with E-state index in [2.05, 4.69) is 11.4 Å². The summed E-state index contributed by atoms with van der Waals surface area (Å²) in [6.07, 6.45) is 2.20. The second-order valence-corrected chi connectivity index (χ2v) is 4.76. The number of benzene rings is 1. The highest BCUT2D eigenvalue weighted by Gasteiger charge is 2.44. The fourth-order valence-electron chi connectivity index (χ4n) is 2.18. The molecule has 98 valence electrons. The van der Waals surface area contributed by atoms with E-state index in [1.54, 1.807) is 21.1 Å². The zero-order chi connectivity index (χ0) is 13.2. The van der Waals surface area contributed by atoms with E-state index in [-0.39, 0.29) is 11.3 Å². The molecule has 1 aromatic carbocycles. The molecule has 0 saturated heterocycles. The van der Waals surface area contributed by atoms with Crippen molar-refractivity contribution in [2.75, 3.05) is 20.8 Å². The summed E-state index contributed by atoms with van der Waals surface area (Å²) in [6, 6.07) is 5.98. The zero-order valence-electron chi connectivity index (χ0n) is 11.1. The van der Waals surface area contributed by atoms with Crippen LogP contribution in [0.5, 0.6) is 11.5 Å². The standard InChI is InChI=1S/C14H19NO3/c1-10(16)15-9-14(6-7-14)11-4-5-12(17-2)13(8-11)18-3/h4-5,8H,6-7,9H2,1-3H3,(H,15,16). The van der Waals surface area contributed by atoms with Gasteiger partial charge in [-0.15, -0.1) is 0 Å². The summed E-state index contributed by atoms with van der Waals surface area (Å²) in [7, 11) is 3.26. The van der Waals surface area contributed by atoms with Crippen LogP contribution in [0.1, 0.15) is 25.3 Å². The Morgan fingerprint density at radius 1 is 1.28 bits per heavy atom. The Labute approximate surface area is 107 Å². The van der Waals surface area contributed by atoms with Gasteiger partial charge in [0, 0.05) is 18.9 Å². The van der Waals surface area contributed by atoms with Gasteiger partial charge in [0.05, 0.1) is 14.2 Å². The predicted octanol–water partition coefficient (Wildman–Crippen LogP) is 1.87. The molecule has 1 saturated carbocycles. The molecule has 0 radical (unpaired) electrons. The number of hydrogen-bond acceptors (Lipinski definition) is 3. The van der Waals surface area contributed by atoms with Crippen molar-refractivity contribution in [3.05, 3.63) is 23.8 Å². The summed E-state index contributed by atoms with van der Waals surface area (Å²) in [4.78, 5) is 11.0. The van der Waals surface area contributed by atoms with E-state index in [9.17, 15) is 4.79 Å². The second kappa shape index (κ2) is 4.88. The summed E-state index contributed by atoms with van der Waals surface area (Å²) in [6.45, 7) is 2.24. The molecule has 0 spiro atoms. The molecule has 0 heterocycles. The van der Waals surface area contributed by atoms with Gasteiger partial charge in [0.2, 0.25) is 5.91 Å². The van der Waals surface area contributed by atoms with Gasteiger partial charge < -0.3 is 14.8 Å². The minimum absolute atomic E-state index is 0.0155. The summed E-state index contributed by atoms with van der Waals surface area (Å²) in [5.74, 6) is 1.49. The largest absolute Gasteiger partial charge is 0.493 e. The normalized spacial score (nSPS) is 15.9. The van der Waals surface area contributed by atoms with E-state index in [0.29, 0.717) is 6.54 Å². The lowest BCUT2D eigenvalue weighted by Gasteiger charge is -2.18. The number of amides is 1. The average Bonchev–Trinajstić information content (AvgIpc) is 3.16. The molecule has 1 aliphatic carbocycles. The highest BCUT2D eigenvalue weighted by molar-refractivity contribution is 5.73. The number of ether oxygens (including phenoxy) is 2. The number of carbonyl (C=O) groups is 1. The maximum Gasteiger partial charge on any atom is 0.216 e. The number of rotatable bonds is 5. The molecule has 0 atom stereocenters. The van der Waals surface area contributed by atoms with Gasteiger partial charge in [0.15, 0.2) is 11.5 Å². The third-order valence-electron chi connectivity index (χ3n) is 3.53. The molecule has 18 heavy (non-hydrogen) atoms.